The van der Waals surface area contributed by atoms with Crippen LogP contribution >= 0.6 is 0 Å². The molecular weight excluding hydrogens is 190 g/mol. The Hall–Kier alpha value is -1.35. The summed E-state index contributed by atoms with van der Waals surface area (Å²) in [5, 5.41) is 11.9. The number of carbonyl (C=O) groups is 1. The molecule has 80 valence electrons. The van der Waals surface area contributed by atoms with Crippen LogP contribution in [-0.2, 0) is 11.2 Å². The summed E-state index contributed by atoms with van der Waals surface area (Å²) in [5.41, 5.74) is 1.29. The third-order valence-electron chi connectivity index (χ3n) is 2.89. The Balaban J connectivity index is 1.90. The van der Waals surface area contributed by atoms with Crippen molar-refractivity contribution in [3.05, 3.63) is 35.9 Å². The zero-order chi connectivity index (χ0) is 10.7. The molecule has 2 rings (SSSR count). The fourth-order valence-corrected chi connectivity index (χ4v) is 2.10. The predicted octanol–water partition coefficient (Wildman–Crippen LogP) is 1.29. The third kappa shape index (κ3) is 2.57. The minimum absolute atomic E-state index is 0.348. The molecule has 0 saturated carbocycles. The van der Waals surface area contributed by atoms with Crippen molar-refractivity contribution in [1.29, 1.82) is 0 Å². The van der Waals surface area contributed by atoms with Gasteiger partial charge in [-0.15, -0.1) is 0 Å². The van der Waals surface area contributed by atoms with E-state index in [1.54, 1.807) is 0 Å². The van der Waals surface area contributed by atoms with Crippen molar-refractivity contribution in [2.75, 3.05) is 6.54 Å². The van der Waals surface area contributed by atoms with E-state index in [2.05, 4.69) is 17.4 Å². The smallest absolute Gasteiger partial charge is 0.320 e. The number of rotatable bonds is 3. The molecule has 1 heterocycles. The zero-order valence-corrected chi connectivity index (χ0v) is 8.52. The molecule has 0 aliphatic carbocycles. The third-order valence-corrected chi connectivity index (χ3v) is 2.89. The highest BCUT2D eigenvalue weighted by atomic mass is 16.4. The van der Waals surface area contributed by atoms with E-state index in [0.717, 1.165) is 19.4 Å². The van der Waals surface area contributed by atoms with Gasteiger partial charge in [0.25, 0.3) is 0 Å². The van der Waals surface area contributed by atoms with Crippen LogP contribution in [0.2, 0.25) is 0 Å². The number of benzene rings is 1. The molecule has 2 N–H and O–H groups in total. The van der Waals surface area contributed by atoms with Gasteiger partial charge in [-0.3, -0.25) is 4.79 Å². The summed E-state index contributed by atoms with van der Waals surface area (Å²) in [6.07, 6.45) is 1.71. The second-order valence-electron chi connectivity index (χ2n) is 4.09. The molecule has 0 spiro atoms. The van der Waals surface area contributed by atoms with E-state index in [1.165, 1.54) is 5.56 Å². The van der Waals surface area contributed by atoms with Crippen molar-refractivity contribution in [2.24, 2.45) is 5.92 Å². The van der Waals surface area contributed by atoms with Crippen molar-refractivity contribution in [1.82, 2.24) is 5.32 Å². The molecule has 1 saturated heterocycles. The number of nitrogens with one attached hydrogen (secondary N) is 1. The Morgan fingerprint density at radius 2 is 2.13 bits per heavy atom. The summed E-state index contributed by atoms with van der Waals surface area (Å²) in [7, 11) is 0. The molecule has 3 nitrogen and oxygen atoms in total. The maximum atomic E-state index is 10.7. The van der Waals surface area contributed by atoms with Crippen LogP contribution in [0.4, 0.5) is 0 Å². The molecule has 0 aromatic heterocycles. The Kier molecular flexibility index (Phi) is 3.02. The topological polar surface area (TPSA) is 49.3 Å². The van der Waals surface area contributed by atoms with Crippen LogP contribution in [0.15, 0.2) is 30.3 Å². The molecule has 0 amide bonds. The Morgan fingerprint density at radius 1 is 1.40 bits per heavy atom. The minimum atomic E-state index is -0.731. The fourth-order valence-electron chi connectivity index (χ4n) is 2.10. The van der Waals surface area contributed by atoms with Gasteiger partial charge in [-0.1, -0.05) is 30.3 Å². The van der Waals surface area contributed by atoms with Gasteiger partial charge in [0.1, 0.15) is 6.04 Å². The lowest BCUT2D eigenvalue weighted by atomic mass is 9.97. The molecule has 15 heavy (non-hydrogen) atoms. The first-order valence-electron chi connectivity index (χ1n) is 5.26. The highest BCUT2D eigenvalue weighted by molar-refractivity contribution is 5.73. The average Bonchev–Trinajstić information content (AvgIpc) is 2.68. The van der Waals surface area contributed by atoms with E-state index < -0.39 is 5.97 Å². The number of hydrogen-bond acceptors (Lipinski definition) is 2. The van der Waals surface area contributed by atoms with E-state index in [9.17, 15) is 4.79 Å². The van der Waals surface area contributed by atoms with Gasteiger partial charge in [-0.2, -0.15) is 0 Å². The van der Waals surface area contributed by atoms with Crippen molar-refractivity contribution in [3.63, 3.8) is 0 Å². The summed E-state index contributed by atoms with van der Waals surface area (Å²) < 4.78 is 0. The Labute approximate surface area is 89.1 Å². The van der Waals surface area contributed by atoms with Crippen LogP contribution < -0.4 is 5.32 Å². The van der Waals surface area contributed by atoms with Gasteiger partial charge in [0.15, 0.2) is 0 Å². The summed E-state index contributed by atoms with van der Waals surface area (Å²) in [4.78, 5) is 10.7. The molecule has 1 fully saturated rings. The monoisotopic (exact) mass is 205 g/mol. The van der Waals surface area contributed by atoms with Gasteiger partial charge in [0, 0.05) is 0 Å². The minimum Gasteiger partial charge on any atom is -0.480 e. The molecule has 1 aromatic carbocycles. The second-order valence-corrected chi connectivity index (χ2v) is 4.09. The van der Waals surface area contributed by atoms with E-state index in [-0.39, 0.29) is 6.04 Å². The lowest BCUT2D eigenvalue weighted by Crippen LogP contribution is -2.29. The molecule has 1 unspecified atom stereocenters. The maximum Gasteiger partial charge on any atom is 0.320 e. The number of carboxylic acid groups (broad SMARTS) is 1. The van der Waals surface area contributed by atoms with Crippen LogP contribution in [0.5, 0.6) is 0 Å². The first-order chi connectivity index (χ1) is 7.25. The van der Waals surface area contributed by atoms with Crippen LogP contribution in [-0.4, -0.2) is 23.7 Å². The van der Waals surface area contributed by atoms with Gasteiger partial charge in [0.2, 0.25) is 0 Å². The number of hydrogen-bond donors (Lipinski definition) is 2. The van der Waals surface area contributed by atoms with Crippen LogP contribution in [0.3, 0.4) is 0 Å². The van der Waals surface area contributed by atoms with Gasteiger partial charge in [0.05, 0.1) is 0 Å². The number of carboxylic acids is 1. The Morgan fingerprint density at radius 3 is 2.73 bits per heavy atom. The molecule has 1 aliphatic rings. The quantitative estimate of drug-likeness (QED) is 0.781. The molecule has 0 radical (unpaired) electrons. The van der Waals surface area contributed by atoms with Crippen molar-refractivity contribution in [2.45, 2.75) is 18.9 Å². The lowest BCUT2D eigenvalue weighted by molar-refractivity contribution is -0.139. The molecule has 1 aliphatic heterocycles. The van der Waals surface area contributed by atoms with Crippen molar-refractivity contribution in [3.8, 4) is 0 Å². The summed E-state index contributed by atoms with van der Waals surface area (Å²) in [6.45, 7) is 0.811. The lowest BCUT2D eigenvalue weighted by Gasteiger charge is -2.07. The standard InChI is InChI=1S/C12H15NO2/c14-12(15)11-7-10(8-13-11)6-9-4-2-1-3-5-9/h1-5,10-11,13H,6-8H2,(H,14,15)/t10-,11?/m1/s1. The second kappa shape index (κ2) is 4.45. The van der Waals surface area contributed by atoms with E-state index in [1.807, 2.05) is 18.2 Å². The average molecular weight is 205 g/mol. The summed E-state index contributed by atoms with van der Waals surface area (Å²) in [5.74, 6) is -0.279. The summed E-state index contributed by atoms with van der Waals surface area (Å²) in [6, 6.07) is 9.87. The normalized spacial score (nSPS) is 25.3. The highest BCUT2D eigenvalue weighted by Crippen LogP contribution is 2.19. The Bertz CT molecular complexity index is 337. The van der Waals surface area contributed by atoms with Crippen LogP contribution in [0.1, 0.15) is 12.0 Å². The number of aliphatic carboxylic acids is 1. The highest BCUT2D eigenvalue weighted by Gasteiger charge is 2.28. The summed E-state index contributed by atoms with van der Waals surface area (Å²) >= 11 is 0. The van der Waals surface area contributed by atoms with Gasteiger partial charge in [-0.25, -0.2) is 0 Å². The molecule has 1 aromatic rings. The van der Waals surface area contributed by atoms with Gasteiger partial charge >= 0.3 is 5.97 Å². The largest absolute Gasteiger partial charge is 0.480 e. The van der Waals surface area contributed by atoms with Crippen molar-refractivity contribution >= 4 is 5.97 Å². The van der Waals surface area contributed by atoms with E-state index >= 15 is 0 Å². The molecule has 3 heteroatoms. The van der Waals surface area contributed by atoms with Gasteiger partial charge in [-0.05, 0) is 30.9 Å². The van der Waals surface area contributed by atoms with Crippen molar-refractivity contribution < 1.29 is 9.90 Å². The van der Waals surface area contributed by atoms with E-state index in [4.69, 9.17) is 5.11 Å². The molecular formula is C12H15NO2. The predicted molar refractivity (Wildman–Crippen MR) is 57.7 cm³/mol. The maximum absolute atomic E-state index is 10.7. The van der Waals surface area contributed by atoms with Gasteiger partial charge < -0.3 is 10.4 Å². The zero-order valence-electron chi connectivity index (χ0n) is 8.52. The van der Waals surface area contributed by atoms with Crippen LogP contribution in [0, 0.1) is 5.92 Å². The fraction of sp³-hybridized carbons (Fsp3) is 0.417. The first kappa shape index (κ1) is 10.2. The SMILES string of the molecule is O=C(O)C1C[C@@H](Cc2ccccc2)CN1. The first-order valence-corrected chi connectivity index (χ1v) is 5.26. The van der Waals surface area contributed by atoms with E-state index in [0.29, 0.717) is 5.92 Å². The van der Waals surface area contributed by atoms with Crippen LogP contribution in [0.25, 0.3) is 0 Å². The molecule has 0 bridgehead atoms. The molecule has 2 atom stereocenters.